The number of carbonyl (C=O) groups is 2. The molecule has 1 saturated heterocycles. The van der Waals surface area contributed by atoms with Gasteiger partial charge in [0.2, 0.25) is 0 Å². The third kappa shape index (κ3) is 5.46. The molecule has 154 valence electrons. The van der Waals surface area contributed by atoms with Crippen LogP contribution in [-0.4, -0.2) is 59.1 Å². The lowest BCUT2D eigenvalue weighted by Crippen LogP contribution is -2.54. The van der Waals surface area contributed by atoms with Crippen molar-refractivity contribution in [3.8, 4) is 5.75 Å². The fourth-order valence-corrected chi connectivity index (χ4v) is 3.58. The van der Waals surface area contributed by atoms with Gasteiger partial charge in [-0.2, -0.15) is 0 Å². The lowest BCUT2D eigenvalue weighted by molar-refractivity contribution is -0.138. The third-order valence-electron chi connectivity index (χ3n) is 4.87. The lowest BCUT2D eigenvalue weighted by Gasteiger charge is -2.39. The molecular formula is C21H22ClFN2O4. The maximum absolute atomic E-state index is 13.0. The maximum atomic E-state index is 13.0. The molecule has 0 bridgehead atoms. The van der Waals surface area contributed by atoms with Crippen LogP contribution in [0.1, 0.15) is 22.8 Å². The van der Waals surface area contributed by atoms with Gasteiger partial charge in [-0.1, -0.05) is 23.7 Å². The molecule has 1 atom stereocenters. The Kier molecular flexibility index (Phi) is 6.71. The zero-order valence-corrected chi connectivity index (χ0v) is 16.7. The van der Waals surface area contributed by atoms with Gasteiger partial charge in [-0.05, 0) is 42.8 Å². The Hall–Kier alpha value is -2.64. The molecule has 2 aromatic rings. The van der Waals surface area contributed by atoms with Crippen LogP contribution in [0.25, 0.3) is 0 Å². The van der Waals surface area contributed by atoms with Crippen LogP contribution in [0.2, 0.25) is 5.02 Å². The Morgan fingerprint density at radius 1 is 1.21 bits per heavy atom. The molecule has 1 fully saturated rings. The second-order valence-electron chi connectivity index (χ2n) is 7.03. The van der Waals surface area contributed by atoms with E-state index in [2.05, 4.69) is 4.90 Å². The summed E-state index contributed by atoms with van der Waals surface area (Å²) in [6.07, 6.45) is 0. The lowest BCUT2D eigenvalue weighted by atomic mass is 10.1. The summed E-state index contributed by atoms with van der Waals surface area (Å²) in [5.74, 6) is -1.52. The standard InChI is InChI=1S/C21H22ClFN2O4/c1-14-11-24(12-15-2-5-17(23)6-3-15)8-9-25(14)20(26)13-29-19-7-4-16(22)10-18(19)21(27)28/h2-7,10,14H,8-9,11-13H2,1H3,(H,27,28). The number of benzene rings is 2. The molecule has 3 rings (SSSR count). The highest BCUT2D eigenvalue weighted by molar-refractivity contribution is 6.31. The Morgan fingerprint density at radius 2 is 1.93 bits per heavy atom. The highest BCUT2D eigenvalue weighted by atomic mass is 35.5. The van der Waals surface area contributed by atoms with E-state index >= 15 is 0 Å². The summed E-state index contributed by atoms with van der Waals surface area (Å²) in [5, 5.41) is 9.54. The van der Waals surface area contributed by atoms with Crippen LogP contribution in [0.3, 0.4) is 0 Å². The van der Waals surface area contributed by atoms with Crippen molar-refractivity contribution in [1.82, 2.24) is 9.80 Å². The number of hydrogen-bond donors (Lipinski definition) is 1. The van der Waals surface area contributed by atoms with Crippen LogP contribution in [0.5, 0.6) is 5.75 Å². The van der Waals surface area contributed by atoms with E-state index in [1.165, 1.54) is 30.3 Å². The molecule has 8 heteroatoms. The molecule has 0 radical (unpaired) electrons. The molecule has 1 aliphatic heterocycles. The molecule has 0 spiro atoms. The van der Waals surface area contributed by atoms with E-state index in [1.54, 1.807) is 17.0 Å². The van der Waals surface area contributed by atoms with E-state index in [9.17, 15) is 19.1 Å². The molecule has 29 heavy (non-hydrogen) atoms. The van der Waals surface area contributed by atoms with E-state index < -0.39 is 5.97 Å². The van der Waals surface area contributed by atoms with Crippen molar-refractivity contribution >= 4 is 23.5 Å². The summed E-state index contributed by atoms with van der Waals surface area (Å²) in [6.45, 7) is 4.32. The predicted molar refractivity (Wildman–Crippen MR) is 107 cm³/mol. The van der Waals surface area contributed by atoms with E-state index in [4.69, 9.17) is 16.3 Å². The Labute approximate surface area is 173 Å². The summed E-state index contributed by atoms with van der Waals surface area (Å²) in [4.78, 5) is 27.9. The van der Waals surface area contributed by atoms with Gasteiger partial charge < -0.3 is 14.7 Å². The molecule has 0 saturated carbocycles. The molecular weight excluding hydrogens is 399 g/mol. The van der Waals surface area contributed by atoms with Crippen molar-refractivity contribution < 1.29 is 23.8 Å². The predicted octanol–water partition coefficient (Wildman–Crippen LogP) is 3.29. The first kappa shape index (κ1) is 21.1. The number of ether oxygens (including phenoxy) is 1. The number of piperazine rings is 1. The third-order valence-corrected chi connectivity index (χ3v) is 5.11. The van der Waals surface area contributed by atoms with Crippen LogP contribution >= 0.6 is 11.6 Å². The van der Waals surface area contributed by atoms with Crippen molar-refractivity contribution in [3.05, 3.63) is 64.4 Å². The molecule has 1 amide bonds. The average molecular weight is 421 g/mol. The number of carboxylic acid groups (broad SMARTS) is 1. The largest absolute Gasteiger partial charge is 0.483 e. The normalized spacial score (nSPS) is 17.2. The molecule has 1 N–H and O–H groups in total. The number of carboxylic acids is 1. The SMILES string of the molecule is CC1CN(Cc2ccc(F)cc2)CCN1C(=O)COc1ccc(Cl)cc1C(=O)O. The van der Waals surface area contributed by atoms with Crippen molar-refractivity contribution in [2.24, 2.45) is 0 Å². The number of amides is 1. The zero-order valence-electron chi connectivity index (χ0n) is 16.0. The van der Waals surface area contributed by atoms with Gasteiger partial charge in [0, 0.05) is 37.2 Å². The topological polar surface area (TPSA) is 70.1 Å². The number of hydrogen-bond acceptors (Lipinski definition) is 4. The van der Waals surface area contributed by atoms with Gasteiger partial charge in [0.25, 0.3) is 5.91 Å². The fraction of sp³-hybridized carbons (Fsp3) is 0.333. The van der Waals surface area contributed by atoms with E-state index in [1.807, 2.05) is 6.92 Å². The molecule has 2 aromatic carbocycles. The van der Waals surface area contributed by atoms with Gasteiger partial charge in [0.1, 0.15) is 17.1 Å². The van der Waals surface area contributed by atoms with Crippen LogP contribution in [0.4, 0.5) is 4.39 Å². The van der Waals surface area contributed by atoms with Gasteiger partial charge in [-0.3, -0.25) is 9.69 Å². The van der Waals surface area contributed by atoms with Crippen molar-refractivity contribution in [2.75, 3.05) is 26.2 Å². The first-order valence-electron chi connectivity index (χ1n) is 9.25. The molecule has 0 aliphatic carbocycles. The minimum Gasteiger partial charge on any atom is -0.483 e. The zero-order chi connectivity index (χ0) is 21.0. The van der Waals surface area contributed by atoms with Crippen molar-refractivity contribution in [1.29, 1.82) is 0 Å². The van der Waals surface area contributed by atoms with Crippen molar-refractivity contribution in [2.45, 2.75) is 19.5 Å². The summed E-state index contributed by atoms with van der Waals surface area (Å²) in [7, 11) is 0. The first-order chi connectivity index (χ1) is 13.8. The van der Waals surface area contributed by atoms with Crippen LogP contribution in [0.15, 0.2) is 42.5 Å². The fourth-order valence-electron chi connectivity index (χ4n) is 3.41. The highest BCUT2D eigenvalue weighted by Gasteiger charge is 2.28. The van der Waals surface area contributed by atoms with Crippen LogP contribution in [-0.2, 0) is 11.3 Å². The van der Waals surface area contributed by atoms with E-state index in [0.717, 1.165) is 5.56 Å². The first-order valence-corrected chi connectivity index (χ1v) is 9.63. The summed E-state index contributed by atoms with van der Waals surface area (Å²) in [5.41, 5.74) is 0.938. The van der Waals surface area contributed by atoms with Crippen LogP contribution < -0.4 is 4.74 Å². The van der Waals surface area contributed by atoms with Crippen LogP contribution in [0, 0.1) is 5.82 Å². The Balaban J connectivity index is 1.55. The molecule has 0 aromatic heterocycles. The van der Waals surface area contributed by atoms with E-state index in [0.29, 0.717) is 26.2 Å². The van der Waals surface area contributed by atoms with Gasteiger partial charge in [0.05, 0.1) is 0 Å². The van der Waals surface area contributed by atoms with E-state index in [-0.39, 0.29) is 40.7 Å². The number of rotatable bonds is 6. The summed E-state index contributed by atoms with van der Waals surface area (Å²) < 4.78 is 18.5. The number of carbonyl (C=O) groups excluding carboxylic acids is 1. The molecule has 1 unspecified atom stereocenters. The Bertz CT molecular complexity index is 891. The Morgan fingerprint density at radius 3 is 2.59 bits per heavy atom. The molecule has 1 aliphatic rings. The molecule has 6 nitrogen and oxygen atoms in total. The minimum atomic E-state index is -1.17. The smallest absolute Gasteiger partial charge is 0.339 e. The van der Waals surface area contributed by atoms with Crippen molar-refractivity contribution in [3.63, 3.8) is 0 Å². The van der Waals surface area contributed by atoms with Gasteiger partial charge in [-0.15, -0.1) is 0 Å². The quantitative estimate of drug-likeness (QED) is 0.776. The average Bonchev–Trinajstić information content (AvgIpc) is 2.68. The number of nitrogens with zero attached hydrogens (tertiary/aromatic N) is 2. The van der Waals surface area contributed by atoms with Gasteiger partial charge >= 0.3 is 5.97 Å². The second-order valence-corrected chi connectivity index (χ2v) is 7.47. The maximum Gasteiger partial charge on any atom is 0.339 e. The van der Waals surface area contributed by atoms with Gasteiger partial charge in [0.15, 0.2) is 6.61 Å². The summed E-state index contributed by atoms with van der Waals surface area (Å²) >= 11 is 5.83. The molecule has 1 heterocycles. The second kappa shape index (κ2) is 9.24. The van der Waals surface area contributed by atoms with Gasteiger partial charge in [-0.25, -0.2) is 9.18 Å². The minimum absolute atomic E-state index is 0.0236. The summed E-state index contributed by atoms with van der Waals surface area (Å²) in [6, 6.07) is 10.6. The monoisotopic (exact) mass is 420 g/mol. The number of halogens is 2. The highest BCUT2D eigenvalue weighted by Crippen LogP contribution is 2.23. The number of aromatic carboxylic acids is 1.